The van der Waals surface area contributed by atoms with Gasteiger partial charge in [-0.2, -0.15) is 0 Å². The number of benzene rings is 1. The van der Waals surface area contributed by atoms with Crippen LogP contribution in [0.15, 0.2) is 48.7 Å². The standard InChI is InChI=1S/C14H14N2O/c1-2-5-12(6-3-1)11-16-9-10-17-13-7-4-8-15-14(13)16/h1-8H,9-11H2. The van der Waals surface area contributed by atoms with E-state index in [-0.39, 0.29) is 0 Å². The second kappa shape index (κ2) is 4.45. The molecule has 0 bridgehead atoms. The Morgan fingerprint density at radius 2 is 2.00 bits per heavy atom. The number of pyridine rings is 1. The number of aromatic nitrogens is 1. The lowest BCUT2D eigenvalue weighted by Crippen LogP contribution is -2.32. The third kappa shape index (κ3) is 2.09. The fourth-order valence-electron chi connectivity index (χ4n) is 2.06. The molecule has 1 aliphatic rings. The van der Waals surface area contributed by atoms with Gasteiger partial charge in [-0.1, -0.05) is 30.3 Å². The Balaban J connectivity index is 1.86. The summed E-state index contributed by atoms with van der Waals surface area (Å²) < 4.78 is 5.59. The lowest BCUT2D eigenvalue weighted by molar-refractivity contribution is 0.304. The molecular weight excluding hydrogens is 212 g/mol. The maximum atomic E-state index is 5.59. The lowest BCUT2D eigenvalue weighted by Gasteiger charge is -2.29. The Morgan fingerprint density at radius 1 is 1.12 bits per heavy atom. The van der Waals surface area contributed by atoms with E-state index in [0.29, 0.717) is 0 Å². The summed E-state index contributed by atoms with van der Waals surface area (Å²) in [5.41, 5.74) is 1.30. The molecule has 3 nitrogen and oxygen atoms in total. The van der Waals surface area contributed by atoms with Crippen LogP contribution in [0.5, 0.6) is 5.75 Å². The molecule has 0 atom stereocenters. The van der Waals surface area contributed by atoms with Crippen molar-refractivity contribution in [2.24, 2.45) is 0 Å². The molecule has 0 saturated heterocycles. The van der Waals surface area contributed by atoms with E-state index >= 15 is 0 Å². The smallest absolute Gasteiger partial charge is 0.171 e. The monoisotopic (exact) mass is 226 g/mol. The Morgan fingerprint density at radius 3 is 2.88 bits per heavy atom. The SMILES string of the molecule is c1ccc(CN2CCOc3cccnc32)cc1. The van der Waals surface area contributed by atoms with E-state index in [2.05, 4.69) is 34.1 Å². The van der Waals surface area contributed by atoms with Gasteiger partial charge in [0.25, 0.3) is 0 Å². The fraction of sp³-hybridized carbons (Fsp3) is 0.214. The summed E-state index contributed by atoms with van der Waals surface area (Å²) in [4.78, 5) is 6.66. The van der Waals surface area contributed by atoms with Crippen LogP contribution in [0.2, 0.25) is 0 Å². The largest absolute Gasteiger partial charge is 0.488 e. The molecular formula is C14H14N2O. The van der Waals surface area contributed by atoms with Gasteiger partial charge in [0.05, 0.1) is 6.54 Å². The van der Waals surface area contributed by atoms with Crippen molar-refractivity contribution >= 4 is 5.82 Å². The van der Waals surface area contributed by atoms with Crippen molar-refractivity contribution in [1.82, 2.24) is 4.98 Å². The second-order valence-corrected chi connectivity index (χ2v) is 4.08. The highest BCUT2D eigenvalue weighted by atomic mass is 16.5. The zero-order valence-electron chi connectivity index (χ0n) is 9.54. The van der Waals surface area contributed by atoms with Crippen LogP contribution in [0.25, 0.3) is 0 Å². The van der Waals surface area contributed by atoms with Crippen molar-refractivity contribution in [3.63, 3.8) is 0 Å². The molecule has 17 heavy (non-hydrogen) atoms. The van der Waals surface area contributed by atoms with E-state index in [9.17, 15) is 0 Å². The average molecular weight is 226 g/mol. The van der Waals surface area contributed by atoms with Crippen LogP contribution in [-0.4, -0.2) is 18.1 Å². The molecule has 0 amide bonds. The van der Waals surface area contributed by atoms with Crippen molar-refractivity contribution in [2.75, 3.05) is 18.1 Å². The van der Waals surface area contributed by atoms with Crippen molar-refractivity contribution in [3.05, 3.63) is 54.2 Å². The van der Waals surface area contributed by atoms with Gasteiger partial charge in [0.1, 0.15) is 6.61 Å². The van der Waals surface area contributed by atoms with Gasteiger partial charge in [-0.3, -0.25) is 0 Å². The molecule has 0 radical (unpaired) electrons. The Hall–Kier alpha value is -2.03. The summed E-state index contributed by atoms with van der Waals surface area (Å²) in [6, 6.07) is 14.3. The van der Waals surface area contributed by atoms with E-state index in [1.165, 1.54) is 5.56 Å². The topological polar surface area (TPSA) is 25.4 Å². The van der Waals surface area contributed by atoms with Crippen molar-refractivity contribution in [1.29, 1.82) is 0 Å². The van der Waals surface area contributed by atoms with E-state index in [1.807, 2.05) is 24.4 Å². The number of anilines is 1. The molecule has 0 saturated carbocycles. The molecule has 0 fully saturated rings. The van der Waals surface area contributed by atoms with Gasteiger partial charge in [0.2, 0.25) is 0 Å². The molecule has 1 aliphatic heterocycles. The van der Waals surface area contributed by atoms with Gasteiger partial charge in [-0.15, -0.1) is 0 Å². The van der Waals surface area contributed by atoms with Gasteiger partial charge in [0, 0.05) is 12.7 Å². The number of ether oxygens (including phenoxy) is 1. The average Bonchev–Trinajstić information content (AvgIpc) is 2.40. The number of hydrogen-bond acceptors (Lipinski definition) is 3. The highest BCUT2D eigenvalue weighted by Crippen LogP contribution is 2.29. The van der Waals surface area contributed by atoms with E-state index in [1.54, 1.807) is 0 Å². The summed E-state index contributed by atoms with van der Waals surface area (Å²) in [5.74, 6) is 1.83. The highest BCUT2D eigenvalue weighted by molar-refractivity contribution is 5.53. The highest BCUT2D eigenvalue weighted by Gasteiger charge is 2.18. The van der Waals surface area contributed by atoms with E-state index in [4.69, 9.17) is 4.74 Å². The Bertz CT molecular complexity index is 499. The predicted octanol–water partition coefficient (Wildman–Crippen LogP) is 2.48. The first kappa shape index (κ1) is 10.1. The predicted molar refractivity (Wildman–Crippen MR) is 67.2 cm³/mol. The summed E-state index contributed by atoms with van der Waals surface area (Å²) in [5, 5.41) is 0. The van der Waals surface area contributed by atoms with Gasteiger partial charge < -0.3 is 9.64 Å². The number of fused-ring (bicyclic) bond motifs is 1. The van der Waals surface area contributed by atoms with Crippen LogP contribution in [0.3, 0.4) is 0 Å². The first-order chi connectivity index (χ1) is 8.43. The fourth-order valence-corrected chi connectivity index (χ4v) is 2.06. The van der Waals surface area contributed by atoms with Gasteiger partial charge >= 0.3 is 0 Å². The molecule has 1 aromatic carbocycles. The van der Waals surface area contributed by atoms with Crippen LogP contribution < -0.4 is 9.64 Å². The van der Waals surface area contributed by atoms with Crippen molar-refractivity contribution < 1.29 is 4.74 Å². The van der Waals surface area contributed by atoms with Gasteiger partial charge in [-0.25, -0.2) is 4.98 Å². The Kier molecular flexibility index (Phi) is 2.66. The van der Waals surface area contributed by atoms with Gasteiger partial charge in [0.15, 0.2) is 11.6 Å². The minimum absolute atomic E-state index is 0.728. The summed E-state index contributed by atoms with van der Waals surface area (Å²) in [6.07, 6.45) is 1.81. The molecule has 3 heteroatoms. The van der Waals surface area contributed by atoms with Crippen molar-refractivity contribution in [2.45, 2.75) is 6.54 Å². The first-order valence-electron chi connectivity index (χ1n) is 5.80. The normalized spacial score (nSPS) is 14.0. The van der Waals surface area contributed by atoms with Crippen LogP contribution in [-0.2, 0) is 6.54 Å². The number of nitrogens with zero attached hydrogens (tertiary/aromatic N) is 2. The molecule has 0 unspecified atom stereocenters. The zero-order valence-corrected chi connectivity index (χ0v) is 9.54. The molecule has 2 aromatic rings. The maximum absolute atomic E-state index is 5.59. The van der Waals surface area contributed by atoms with Crippen LogP contribution in [0.4, 0.5) is 5.82 Å². The summed E-state index contributed by atoms with van der Waals surface area (Å²) >= 11 is 0. The van der Waals surface area contributed by atoms with Crippen LogP contribution in [0, 0.1) is 0 Å². The number of rotatable bonds is 2. The van der Waals surface area contributed by atoms with Crippen LogP contribution in [0.1, 0.15) is 5.56 Å². The van der Waals surface area contributed by atoms with Gasteiger partial charge in [-0.05, 0) is 17.7 Å². The zero-order chi connectivity index (χ0) is 11.5. The van der Waals surface area contributed by atoms with E-state index in [0.717, 1.165) is 31.3 Å². The quantitative estimate of drug-likeness (QED) is 0.786. The van der Waals surface area contributed by atoms with Crippen LogP contribution >= 0.6 is 0 Å². The molecule has 86 valence electrons. The second-order valence-electron chi connectivity index (χ2n) is 4.08. The molecule has 0 aliphatic carbocycles. The molecule has 2 heterocycles. The third-order valence-corrected chi connectivity index (χ3v) is 2.89. The molecule has 0 N–H and O–H groups in total. The number of hydrogen-bond donors (Lipinski definition) is 0. The summed E-state index contributed by atoms with van der Waals surface area (Å²) in [6.45, 7) is 2.50. The molecule has 0 spiro atoms. The third-order valence-electron chi connectivity index (χ3n) is 2.89. The maximum Gasteiger partial charge on any atom is 0.171 e. The molecule has 1 aromatic heterocycles. The first-order valence-corrected chi connectivity index (χ1v) is 5.80. The van der Waals surface area contributed by atoms with Crippen molar-refractivity contribution in [3.8, 4) is 5.75 Å². The minimum Gasteiger partial charge on any atom is -0.488 e. The molecule has 3 rings (SSSR count). The lowest BCUT2D eigenvalue weighted by atomic mass is 10.2. The Labute approximate surface area is 101 Å². The summed E-state index contributed by atoms with van der Waals surface area (Å²) in [7, 11) is 0. The van der Waals surface area contributed by atoms with E-state index < -0.39 is 0 Å². The minimum atomic E-state index is 0.728.